The van der Waals surface area contributed by atoms with Crippen LogP contribution in [0.3, 0.4) is 0 Å². The second-order valence-corrected chi connectivity index (χ2v) is 9.33. The third kappa shape index (κ3) is 1.85. The van der Waals surface area contributed by atoms with Crippen molar-refractivity contribution >= 4 is 53.9 Å². The predicted molar refractivity (Wildman–Crippen MR) is 123 cm³/mol. The second kappa shape index (κ2) is 5.46. The molecule has 0 spiro atoms. The van der Waals surface area contributed by atoms with Crippen molar-refractivity contribution in [1.82, 2.24) is 0 Å². The van der Waals surface area contributed by atoms with E-state index < -0.39 is 0 Å². The van der Waals surface area contributed by atoms with E-state index in [9.17, 15) is 0 Å². The molecule has 3 aliphatic rings. The fourth-order valence-electron chi connectivity index (χ4n) is 5.67. The van der Waals surface area contributed by atoms with Gasteiger partial charge in [-0.25, -0.2) is 0 Å². The Hall–Kier alpha value is -2.64. The van der Waals surface area contributed by atoms with Crippen LogP contribution >= 0.6 is 11.3 Å². The van der Waals surface area contributed by atoms with Crippen molar-refractivity contribution in [2.45, 2.75) is 32.1 Å². The molecule has 0 aliphatic heterocycles. The van der Waals surface area contributed by atoms with Crippen LogP contribution in [0.25, 0.3) is 42.6 Å². The van der Waals surface area contributed by atoms with Crippen molar-refractivity contribution in [2.24, 2.45) is 0 Å². The van der Waals surface area contributed by atoms with Gasteiger partial charge in [0.1, 0.15) is 0 Å². The minimum atomic E-state index is 1.11. The molecule has 0 radical (unpaired) electrons. The van der Waals surface area contributed by atoms with Crippen molar-refractivity contribution in [3.05, 3.63) is 82.5 Å². The van der Waals surface area contributed by atoms with Gasteiger partial charge in [-0.2, -0.15) is 0 Å². The summed E-state index contributed by atoms with van der Waals surface area (Å²) in [4.78, 5) is 0. The van der Waals surface area contributed by atoms with Gasteiger partial charge < -0.3 is 0 Å². The Labute approximate surface area is 168 Å². The Morgan fingerprint density at radius 2 is 1.68 bits per heavy atom. The van der Waals surface area contributed by atoms with Crippen molar-refractivity contribution < 1.29 is 0 Å². The molecular weight excluding hydrogens is 356 g/mol. The average molecular weight is 377 g/mol. The van der Waals surface area contributed by atoms with Gasteiger partial charge in [0, 0.05) is 25.6 Å². The highest BCUT2D eigenvalue weighted by Gasteiger charge is 2.27. The maximum Gasteiger partial charge on any atom is 0.0437 e. The van der Waals surface area contributed by atoms with Gasteiger partial charge in [0.05, 0.1) is 0 Å². The molecule has 0 atom stereocenters. The number of rotatable bonds is 0. The highest BCUT2D eigenvalue weighted by Crippen LogP contribution is 2.50. The third-order valence-corrected chi connectivity index (χ3v) is 8.03. The normalized spacial score (nSPS) is 17.6. The van der Waals surface area contributed by atoms with Crippen molar-refractivity contribution in [3.63, 3.8) is 0 Å². The van der Waals surface area contributed by atoms with Gasteiger partial charge in [0.2, 0.25) is 0 Å². The summed E-state index contributed by atoms with van der Waals surface area (Å²) in [7, 11) is 0. The summed E-state index contributed by atoms with van der Waals surface area (Å²) in [6.07, 6.45) is 15.3. The third-order valence-electron chi connectivity index (χ3n) is 6.82. The topological polar surface area (TPSA) is 0 Å². The van der Waals surface area contributed by atoms with Crippen LogP contribution in [-0.2, 0) is 12.8 Å². The lowest BCUT2D eigenvalue weighted by Crippen LogP contribution is -2.00. The van der Waals surface area contributed by atoms with E-state index in [0.717, 1.165) is 19.3 Å². The zero-order valence-electron chi connectivity index (χ0n) is 15.7. The number of hydrogen-bond acceptors (Lipinski definition) is 1. The van der Waals surface area contributed by atoms with Crippen molar-refractivity contribution in [3.8, 4) is 0 Å². The van der Waals surface area contributed by atoms with Gasteiger partial charge in [-0.05, 0) is 77.0 Å². The van der Waals surface area contributed by atoms with E-state index in [-0.39, 0.29) is 0 Å². The van der Waals surface area contributed by atoms with Crippen LogP contribution in [0.4, 0.5) is 0 Å². The average Bonchev–Trinajstić information content (AvgIpc) is 3.32. The van der Waals surface area contributed by atoms with E-state index in [1.807, 2.05) is 11.3 Å². The molecule has 3 aromatic carbocycles. The summed E-state index contributed by atoms with van der Waals surface area (Å²) >= 11 is 1.98. The summed E-state index contributed by atoms with van der Waals surface area (Å²) < 4.78 is 2.91. The molecule has 3 aliphatic carbocycles. The summed E-state index contributed by atoms with van der Waals surface area (Å²) in [5.41, 5.74) is 9.35. The maximum atomic E-state index is 2.42. The lowest BCUT2D eigenvalue weighted by atomic mass is 9.84. The summed E-state index contributed by atoms with van der Waals surface area (Å²) in [6.45, 7) is 0. The first-order chi connectivity index (χ1) is 13.9. The van der Waals surface area contributed by atoms with Crippen LogP contribution in [0.2, 0.25) is 0 Å². The largest absolute Gasteiger partial charge is 0.135 e. The highest BCUT2D eigenvalue weighted by molar-refractivity contribution is 7.26. The zero-order valence-corrected chi connectivity index (χ0v) is 16.5. The summed E-state index contributed by atoms with van der Waals surface area (Å²) in [5.74, 6) is 0. The van der Waals surface area contributed by atoms with Crippen LogP contribution in [0, 0.1) is 0 Å². The van der Waals surface area contributed by atoms with Crippen molar-refractivity contribution in [1.29, 1.82) is 0 Å². The standard InChI is InChI=1S/C27H20S/c1-2-8-18-16(7-1)15-17-13-14-22-25(24(17)18)19-9-3-4-10-20(19)26-21-11-5-6-12-23(21)28-27(22)26/h1,3,5-7,9,11-14H,2,4,8,10,15H2. The van der Waals surface area contributed by atoms with E-state index in [2.05, 4.69) is 60.7 Å². The molecule has 134 valence electrons. The second-order valence-electron chi connectivity index (χ2n) is 8.28. The molecule has 0 saturated heterocycles. The first-order valence-electron chi connectivity index (χ1n) is 10.4. The van der Waals surface area contributed by atoms with Crippen LogP contribution in [-0.4, -0.2) is 0 Å². The lowest BCUT2D eigenvalue weighted by molar-refractivity contribution is 1.00. The summed E-state index contributed by atoms with van der Waals surface area (Å²) in [6, 6.07) is 13.8. The van der Waals surface area contributed by atoms with Crippen molar-refractivity contribution in [2.75, 3.05) is 0 Å². The molecule has 28 heavy (non-hydrogen) atoms. The molecule has 0 saturated carbocycles. The van der Waals surface area contributed by atoms with Gasteiger partial charge >= 0.3 is 0 Å². The van der Waals surface area contributed by atoms with E-state index >= 15 is 0 Å². The van der Waals surface area contributed by atoms with E-state index in [1.165, 1.54) is 54.9 Å². The van der Waals surface area contributed by atoms with Gasteiger partial charge in [-0.3, -0.25) is 0 Å². The SMILES string of the molecule is C1=CC2=C(CC1)c1c(ccc3c1c1c(c4c5ccccc5sc34)CCC=C1)C2. The van der Waals surface area contributed by atoms with Gasteiger partial charge in [-0.1, -0.05) is 54.6 Å². The van der Waals surface area contributed by atoms with Gasteiger partial charge in [0.25, 0.3) is 0 Å². The number of allylic oxidation sites excluding steroid dienone is 5. The lowest BCUT2D eigenvalue weighted by Gasteiger charge is -2.20. The van der Waals surface area contributed by atoms with Crippen LogP contribution in [0.1, 0.15) is 41.5 Å². The Bertz CT molecular complexity index is 1420. The molecule has 1 aromatic heterocycles. The number of fused-ring (bicyclic) bond motifs is 11. The van der Waals surface area contributed by atoms with E-state index in [4.69, 9.17) is 0 Å². The molecule has 1 heterocycles. The molecule has 0 fully saturated rings. The molecule has 7 rings (SSSR count). The van der Waals surface area contributed by atoms with E-state index in [1.54, 1.807) is 22.3 Å². The Balaban J connectivity index is 1.74. The summed E-state index contributed by atoms with van der Waals surface area (Å²) in [5, 5.41) is 5.95. The molecular formula is C27H20S. The number of aryl methyl sites for hydroxylation is 1. The Kier molecular flexibility index (Phi) is 2.98. The van der Waals surface area contributed by atoms with Gasteiger partial charge in [0.15, 0.2) is 0 Å². The highest BCUT2D eigenvalue weighted by atomic mass is 32.1. The molecule has 0 amide bonds. The number of benzene rings is 3. The first-order valence-corrected chi connectivity index (χ1v) is 11.2. The molecule has 0 N–H and O–H groups in total. The Morgan fingerprint density at radius 3 is 2.68 bits per heavy atom. The van der Waals surface area contributed by atoms with Crippen LogP contribution < -0.4 is 0 Å². The minimum Gasteiger partial charge on any atom is -0.135 e. The quantitative estimate of drug-likeness (QED) is 0.293. The molecule has 0 unspecified atom stereocenters. The maximum absolute atomic E-state index is 2.42. The predicted octanol–water partition coefficient (Wildman–Crippen LogP) is 7.83. The molecule has 0 bridgehead atoms. The van der Waals surface area contributed by atoms with Gasteiger partial charge in [-0.15, -0.1) is 11.3 Å². The molecule has 0 nitrogen and oxygen atoms in total. The smallest absolute Gasteiger partial charge is 0.0437 e. The zero-order chi connectivity index (χ0) is 18.2. The number of hydrogen-bond donors (Lipinski definition) is 0. The minimum absolute atomic E-state index is 1.11. The van der Waals surface area contributed by atoms with Crippen LogP contribution in [0.15, 0.2) is 60.2 Å². The monoisotopic (exact) mass is 376 g/mol. The van der Waals surface area contributed by atoms with Crippen LogP contribution in [0.5, 0.6) is 0 Å². The Morgan fingerprint density at radius 1 is 0.786 bits per heavy atom. The fraction of sp³-hybridized carbons (Fsp3) is 0.185. The van der Waals surface area contributed by atoms with E-state index in [0.29, 0.717) is 0 Å². The first kappa shape index (κ1) is 15.3. The number of thiophene rings is 1. The molecule has 1 heteroatoms. The molecule has 4 aromatic rings. The fourth-order valence-corrected chi connectivity index (χ4v) is 6.93.